The van der Waals surface area contributed by atoms with Crippen molar-refractivity contribution in [3.8, 4) is 0 Å². The molecule has 0 saturated carbocycles. The maximum atomic E-state index is 13.3. The van der Waals surface area contributed by atoms with Crippen LogP contribution >= 0.6 is 0 Å². The van der Waals surface area contributed by atoms with Gasteiger partial charge in [-0.05, 0) is 24.5 Å². The smallest absolute Gasteiger partial charge is 0.237 e. The van der Waals surface area contributed by atoms with E-state index in [0.717, 1.165) is 0 Å². The Hall–Kier alpha value is -1.46. The summed E-state index contributed by atoms with van der Waals surface area (Å²) in [4.78, 5) is 11.5. The molecule has 0 spiro atoms. The van der Waals surface area contributed by atoms with Crippen molar-refractivity contribution in [2.75, 3.05) is 20.3 Å². The van der Waals surface area contributed by atoms with Crippen LogP contribution in [0.1, 0.15) is 12.0 Å². The van der Waals surface area contributed by atoms with Gasteiger partial charge in [-0.15, -0.1) is 0 Å². The number of carbonyl (C=O) groups excluding carboxylic acids is 1. The minimum atomic E-state index is -0.578. The summed E-state index contributed by atoms with van der Waals surface area (Å²) in [5.41, 5.74) is 6.23. The monoisotopic (exact) mass is 254 g/mol. The first kappa shape index (κ1) is 14.6. The normalized spacial score (nSPS) is 12.2. The minimum absolute atomic E-state index is 0.233. The molecule has 4 nitrogen and oxygen atoms in total. The predicted molar refractivity (Wildman–Crippen MR) is 67.6 cm³/mol. The first-order chi connectivity index (χ1) is 8.65. The maximum absolute atomic E-state index is 13.3. The topological polar surface area (TPSA) is 64.3 Å². The van der Waals surface area contributed by atoms with Crippen molar-refractivity contribution < 1.29 is 13.9 Å². The molecule has 18 heavy (non-hydrogen) atoms. The van der Waals surface area contributed by atoms with Gasteiger partial charge in [0, 0.05) is 20.3 Å². The molecule has 5 heteroatoms. The van der Waals surface area contributed by atoms with Crippen LogP contribution in [-0.4, -0.2) is 32.2 Å². The Morgan fingerprint density at radius 2 is 2.22 bits per heavy atom. The van der Waals surface area contributed by atoms with Crippen molar-refractivity contribution in [3.05, 3.63) is 35.6 Å². The Kier molecular flexibility index (Phi) is 6.32. The Labute approximate surface area is 106 Å². The number of hydrogen-bond acceptors (Lipinski definition) is 3. The van der Waals surface area contributed by atoms with Crippen molar-refractivity contribution in [1.29, 1.82) is 0 Å². The first-order valence-corrected chi connectivity index (χ1v) is 5.90. The maximum Gasteiger partial charge on any atom is 0.237 e. The summed E-state index contributed by atoms with van der Waals surface area (Å²) in [7, 11) is 1.56. The van der Waals surface area contributed by atoms with E-state index < -0.39 is 6.04 Å². The van der Waals surface area contributed by atoms with Gasteiger partial charge in [-0.25, -0.2) is 4.39 Å². The SMILES string of the molecule is COCCC(N)C(=O)NCCc1ccccc1F. The lowest BCUT2D eigenvalue weighted by Crippen LogP contribution is -2.42. The molecule has 3 N–H and O–H groups in total. The molecule has 1 aromatic carbocycles. The molecule has 0 heterocycles. The molecule has 1 amide bonds. The van der Waals surface area contributed by atoms with Gasteiger partial charge < -0.3 is 15.8 Å². The van der Waals surface area contributed by atoms with Gasteiger partial charge in [0.05, 0.1) is 6.04 Å². The van der Waals surface area contributed by atoms with E-state index in [1.165, 1.54) is 6.07 Å². The average molecular weight is 254 g/mol. The van der Waals surface area contributed by atoms with Gasteiger partial charge in [0.15, 0.2) is 0 Å². The fourth-order valence-corrected chi connectivity index (χ4v) is 1.53. The lowest BCUT2D eigenvalue weighted by molar-refractivity contribution is -0.122. The van der Waals surface area contributed by atoms with E-state index in [2.05, 4.69) is 5.32 Å². The second-order valence-electron chi connectivity index (χ2n) is 4.02. The molecule has 0 aliphatic carbocycles. The molecule has 0 fully saturated rings. The molecule has 1 unspecified atom stereocenters. The van der Waals surface area contributed by atoms with Gasteiger partial charge in [-0.3, -0.25) is 4.79 Å². The van der Waals surface area contributed by atoms with Crippen LogP contribution < -0.4 is 11.1 Å². The molecule has 0 bridgehead atoms. The van der Waals surface area contributed by atoms with Crippen molar-refractivity contribution in [3.63, 3.8) is 0 Å². The van der Waals surface area contributed by atoms with Crippen molar-refractivity contribution in [2.24, 2.45) is 5.73 Å². The van der Waals surface area contributed by atoms with Crippen LogP contribution in [-0.2, 0) is 16.0 Å². The van der Waals surface area contributed by atoms with Crippen LogP contribution in [0.2, 0.25) is 0 Å². The molecule has 0 aliphatic heterocycles. The number of carbonyl (C=O) groups is 1. The second kappa shape index (κ2) is 7.79. The number of amides is 1. The number of nitrogens with two attached hydrogens (primary N) is 1. The summed E-state index contributed by atoms with van der Waals surface area (Å²) in [6, 6.07) is 5.93. The number of hydrogen-bond donors (Lipinski definition) is 2. The summed E-state index contributed by atoms with van der Waals surface area (Å²) >= 11 is 0. The molecular weight excluding hydrogens is 235 g/mol. The largest absolute Gasteiger partial charge is 0.385 e. The lowest BCUT2D eigenvalue weighted by Gasteiger charge is -2.11. The highest BCUT2D eigenvalue weighted by molar-refractivity contribution is 5.81. The van der Waals surface area contributed by atoms with Gasteiger partial charge in [-0.2, -0.15) is 0 Å². The summed E-state index contributed by atoms with van der Waals surface area (Å²) in [6.07, 6.45) is 0.928. The van der Waals surface area contributed by atoms with E-state index in [9.17, 15) is 9.18 Å². The molecule has 1 rings (SSSR count). The minimum Gasteiger partial charge on any atom is -0.385 e. The third kappa shape index (κ3) is 4.81. The van der Waals surface area contributed by atoms with E-state index in [0.29, 0.717) is 31.6 Å². The predicted octanol–water partition coefficient (Wildman–Crippen LogP) is 0.848. The van der Waals surface area contributed by atoms with Crippen LogP contribution in [0.5, 0.6) is 0 Å². The Morgan fingerprint density at radius 1 is 1.50 bits per heavy atom. The Morgan fingerprint density at radius 3 is 2.89 bits per heavy atom. The second-order valence-corrected chi connectivity index (χ2v) is 4.02. The highest BCUT2D eigenvalue weighted by atomic mass is 19.1. The number of nitrogens with one attached hydrogen (secondary N) is 1. The highest BCUT2D eigenvalue weighted by Gasteiger charge is 2.12. The summed E-state index contributed by atoms with van der Waals surface area (Å²) in [6.45, 7) is 0.822. The van der Waals surface area contributed by atoms with E-state index in [4.69, 9.17) is 10.5 Å². The highest BCUT2D eigenvalue weighted by Crippen LogP contribution is 2.06. The summed E-state index contributed by atoms with van der Waals surface area (Å²) < 4.78 is 18.1. The standard InChI is InChI=1S/C13H19FN2O2/c1-18-9-7-12(15)13(17)16-8-6-10-4-2-3-5-11(10)14/h2-5,12H,6-9,15H2,1H3,(H,16,17). The lowest BCUT2D eigenvalue weighted by atomic mass is 10.1. The van der Waals surface area contributed by atoms with Crippen molar-refractivity contribution >= 4 is 5.91 Å². The van der Waals surface area contributed by atoms with Crippen LogP contribution in [0.3, 0.4) is 0 Å². The van der Waals surface area contributed by atoms with Crippen LogP contribution in [0.15, 0.2) is 24.3 Å². The third-order valence-corrected chi connectivity index (χ3v) is 2.62. The van der Waals surface area contributed by atoms with Gasteiger partial charge in [0.2, 0.25) is 5.91 Å². The third-order valence-electron chi connectivity index (χ3n) is 2.62. The Balaban J connectivity index is 2.29. The summed E-state index contributed by atoms with van der Waals surface area (Å²) in [5, 5.41) is 2.68. The fourth-order valence-electron chi connectivity index (χ4n) is 1.53. The van der Waals surface area contributed by atoms with Gasteiger partial charge >= 0.3 is 0 Å². The molecular formula is C13H19FN2O2. The molecule has 1 aromatic rings. The molecule has 0 aliphatic rings. The van der Waals surface area contributed by atoms with Crippen LogP contribution in [0.4, 0.5) is 4.39 Å². The van der Waals surface area contributed by atoms with Gasteiger partial charge in [-0.1, -0.05) is 18.2 Å². The first-order valence-electron chi connectivity index (χ1n) is 5.90. The number of halogens is 1. The van der Waals surface area contributed by atoms with E-state index in [1.54, 1.807) is 25.3 Å². The zero-order valence-electron chi connectivity index (χ0n) is 10.5. The quantitative estimate of drug-likeness (QED) is 0.758. The van der Waals surface area contributed by atoms with E-state index >= 15 is 0 Å². The van der Waals surface area contributed by atoms with Gasteiger partial charge in [0.25, 0.3) is 0 Å². The van der Waals surface area contributed by atoms with Crippen molar-refractivity contribution in [2.45, 2.75) is 18.9 Å². The zero-order chi connectivity index (χ0) is 13.4. The Bertz CT molecular complexity index is 385. The fraction of sp³-hybridized carbons (Fsp3) is 0.462. The molecule has 0 saturated heterocycles. The average Bonchev–Trinajstić information content (AvgIpc) is 2.38. The van der Waals surface area contributed by atoms with Crippen molar-refractivity contribution in [1.82, 2.24) is 5.32 Å². The molecule has 0 radical (unpaired) electrons. The number of ether oxygens (including phenoxy) is 1. The molecule has 100 valence electrons. The zero-order valence-corrected chi connectivity index (χ0v) is 10.5. The molecule has 0 aromatic heterocycles. The van der Waals surface area contributed by atoms with Crippen LogP contribution in [0.25, 0.3) is 0 Å². The number of benzene rings is 1. The van der Waals surface area contributed by atoms with E-state index in [1.807, 2.05) is 0 Å². The number of methoxy groups -OCH3 is 1. The van der Waals surface area contributed by atoms with E-state index in [-0.39, 0.29) is 11.7 Å². The summed E-state index contributed by atoms with van der Waals surface area (Å²) in [5.74, 6) is -0.487. The van der Waals surface area contributed by atoms with Gasteiger partial charge in [0.1, 0.15) is 5.82 Å². The van der Waals surface area contributed by atoms with Crippen LogP contribution in [0, 0.1) is 5.82 Å². The molecule has 1 atom stereocenters. The number of rotatable bonds is 7.